The minimum Gasteiger partial charge on any atom is -0.476 e. The smallest absolute Gasteiger partial charge is 0.429 e. The van der Waals surface area contributed by atoms with E-state index in [1.165, 1.54) is 18.2 Å². The Morgan fingerprint density at radius 2 is 2.06 bits per heavy atom. The van der Waals surface area contributed by atoms with Gasteiger partial charge in [-0.3, -0.25) is 0 Å². The molecule has 86 valence electrons. The molecule has 0 amide bonds. The van der Waals surface area contributed by atoms with Crippen LogP contribution in [0.1, 0.15) is 11.1 Å². The van der Waals surface area contributed by atoms with E-state index in [1.54, 1.807) is 6.07 Å². The summed E-state index contributed by atoms with van der Waals surface area (Å²) in [6.07, 6.45) is -3.97. The molecule has 0 unspecified atom stereocenters. The summed E-state index contributed by atoms with van der Waals surface area (Å²) < 4.78 is 41.9. The van der Waals surface area contributed by atoms with E-state index in [4.69, 9.17) is 9.84 Å². The number of halogens is 3. The van der Waals surface area contributed by atoms with E-state index < -0.39 is 12.3 Å². The monoisotopic (exact) mass is 230 g/mol. The Kier molecular flexibility index (Phi) is 2.63. The van der Waals surface area contributed by atoms with Gasteiger partial charge in [-0.25, -0.2) is 0 Å². The fourth-order valence-corrected chi connectivity index (χ4v) is 1.48. The SMILES string of the molecule is OCc1ccc2c(c1)C=C[C@@H](C(F)(F)F)O2. The van der Waals surface area contributed by atoms with Crippen molar-refractivity contribution in [3.8, 4) is 5.75 Å². The number of rotatable bonds is 1. The van der Waals surface area contributed by atoms with Crippen LogP contribution in [0.25, 0.3) is 6.08 Å². The fraction of sp³-hybridized carbons (Fsp3) is 0.273. The van der Waals surface area contributed by atoms with Gasteiger partial charge in [0.1, 0.15) is 5.75 Å². The Bertz CT molecular complexity index is 424. The molecule has 0 saturated heterocycles. The summed E-state index contributed by atoms with van der Waals surface area (Å²) in [5.74, 6) is 0.182. The number of hydrogen-bond donors (Lipinski definition) is 1. The van der Waals surface area contributed by atoms with Crippen LogP contribution in [0.2, 0.25) is 0 Å². The molecule has 1 atom stereocenters. The topological polar surface area (TPSA) is 29.5 Å². The van der Waals surface area contributed by atoms with E-state index in [0.717, 1.165) is 6.08 Å². The van der Waals surface area contributed by atoms with E-state index in [0.29, 0.717) is 11.1 Å². The molecule has 1 N–H and O–H groups in total. The summed E-state index contributed by atoms with van der Waals surface area (Å²) in [6.45, 7) is -0.149. The van der Waals surface area contributed by atoms with E-state index in [9.17, 15) is 13.2 Å². The van der Waals surface area contributed by atoms with Crippen LogP contribution >= 0.6 is 0 Å². The van der Waals surface area contributed by atoms with Crippen molar-refractivity contribution in [2.24, 2.45) is 0 Å². The molecule has 0 saturated carbocycles. The van der Waals surface area contributed by atoms with Crippen LogP contribution in [-0.4, -0.2) is 17.4 Å². The molecule has 0 aliphatic carbocycles. The van der Waals surface area contributed by atoms with Crippen molar-refractivity contribution < 1.29 is 23.0 Å². The van der Waals surface area contributed by atoms with Gasteiger partial charge in [-0.1, -0.05) is 12.1 Å². The summed E-state index contributed by atoms with van der Waals surface area (Å²) in [5.41, 5.74) is 1.18. The lowest BCUT2D eigenvalue weighted by atomic mass is 10.1. The van der Waals surface area contributed by atoms with E-state index in [-0.39, 0.29) is 12.4 Å². The Balaban J connectivity index is 2.30. The molecule has 0 aromatic heterocycles. The van der Waals surface area contributed by atoms with Gasteiger partial charge >= 0.3 is 6.18 Å². The van der Waals surface area contributed by atoms with E-state index in [1.807, 2.05) is 0 Å². The number of alkyl halides is 3. The normalized spacial score (nSPS) is 19.1. The van der Waals surface area contributed by atoms with Crippen LogP contribution in [-0.2, 0) is 6.61 Å². The maximum absolute atomic E-state index is 12.4. The number of hydrogen-bond acceptors (Lipinski definition) is 2. The van der Waals surface area contributed by atoms with Gasteiger partial charge in [0.05, 0.1) is 6.61 Å². The molecule has 5 heteroatoms. The quantitative estimate of drug-likeness (QED) is 0.803. The van der Waals surface area contributed by atoms with Gasteiger partial charge in [0, 0.05) is 5.56 Å². The highest BCUT2D eigenvalue weighted by molar-refractivity contribution is 5.61. The molecule has 16 heavy (non-hydrogen) atoms. The molecular formula is C11H9F3O2. The molecular weight excluding hydrogens is 221 g/mol. The van der Waals surface area contributed by atoms with Gasteiger partial charge < -0.3 is 9.84 Å². The minimum atomic E-state index is -4.40. The van der Waals surface area contributed by atoms with Crippen molar-refractivity contribution in [1.82, 2.24) is 0 Å². The van der Waals surface area contributed by atoms with Crippen molar-refractivity contribution in [1.29, 1.82) is 0 Å². The largest absolute Gasteiger partial charge is 0.476 e. The molecule has 0 fully saturated rings. The van der Waals surface area contributed by atoms with Gasteiger partial charge in [-0.05, 0) is 23.8 Å². The van der Waals surface area contributed by atoms with Crippen molar-refractivity contribution in [2.45, 2.75) is 18.9 Å². The standard InChI is InChI=1S/C11H9F3O2/c12-11(13,14)10-4-2-8-5-7(6-15)1-3-9(8)16-10/h1-5,10,15H,6H2/t10-/m0/s1. The second kappa shape index (κ2) is 3.83. The van der Waals surface area contributed by atoms with Gasteiger partial charge in [0.25, 0.3) is 0 Å². The van der Waals surface area contributed by atoms with Crippen molar-refractivity contribution >= 4 is 6.08 Å². The Hall–Kier alpha value is -1.49. The molecule has 1 aromatic carbocycles. The lowest BCUT2D eigenvalue weighted by Crippen LogP contribution is -2.33. The highest BCUT2D eigenvalue weighted by atomic mass is 19.4. The van der Waals surface area contributed by atoms with Crippen LogP contribution < -0.4 is 4.74 Å². The predicted octanol–water partition coefficient (Wildman–Crippen LogP) is 2.52. The Morgan fingerprint density at radius 1 is 1.31 bits per heavy atom. The third-order valence-electron chi connectivity index (χ3n) is 2.28. The third-order valence-corrected chi connectivity index (χ3v) is 2.28. The van der Waals surface area contributed by atoms with Gasteiger partial charge in [-0.15, -0.1) is 0 Å². The van der Waals surface area contributed by atoms with Crippen LogP contribution in [0.5, 0.6) is 5.75 Å². The minimum absolute atomic E-state index is 0.149. The zero-order chi connectivity index (χ0) is 11.8. The highest BCUT2D eigenvalue weighted by Gasteiger charge is 2.41. The van der Waals surface area contributed by atoms with Gasteiger partial charge in [0.15, 0.2) is 0 Å². The third kappa shape index (κ3) is 2.04. The number of aliphatic hydroxyl groups is 1. The molecule has 2 rings (SSSR count). The van der Waals surface area contributed by atoms with Crippen LogP contribution in [0, 0.1) is 0 Å². The van der Waals surface area contributed by atoms with Crippen molar-refractivity contribution in [3.63, 3.8) is 0 Å². The molecule has 0 bridgehead atoms. The van der Waals surface area contributed by atoms with Crippen molar-refractivity contribution in [2.75, 3.05) is 0 Å². The summed E-state index contributed by atoms with van der Waals surface area (Å²) in [7, 11) is 0. The predicted molar refractivity (Wildman–Crippen MR) is 51.9 cm³/mol. The molecule has 1 aromatic rings. The lowest BCUT2D eigenvalue weighted by Gasteiger charge is -2.23. The number of ether oxygens (including phenoxy) is 1. The first-order valence-electron chi connectivity index (χ1n) is 4.66. The second-order valence-corrected chi connectivity index (χ2v) is 3.47. The van der Waals surface area contributed by atoms with Crippen molar-refractivity contribution in [3.05, 3.63) is 35.4 Å². The average Bonchev–Trinajstić information content (AvgIpc) is 2.26. The first-order chi connectivity index (χ1) is 7.50. The maximum Gasteiger partial charge on any atom is 0.429 e. The molecule has 0 radical (unpaired) electrons. The summed E-state index contributed by atoms with van der Waals surface area (Å²) in [4.78, 5) is 0. The van der Waals surface area contributed by atoms with Gasteiger partial charge in [-0.2, -0.15) is 13.2 Å². The fourth-order valence-electron chi connectivity index (χ4n) is 1.48. The molecule has 2 nitrogen and oxygen atoms in total. The molecule has 1 aliphatic rings. The second-order valence-electron chi connectivity index (χ2n) is 3.47. The number of benzene rings is 1. The lowest BCUT2D eigenvalue weighted by molar-refractivity contribution is -0.180. The summed E-state index contributed by atoms with van der Waals surface area (Å²) in [5, 5.41) is 8.88. The zero-order valence-electron chi connectivity index (χ0n) is 8.16. The van der Waals surface area contributed by atoms with Crippen LogP contribution in [0.15, 0.2) is 24.3 Å². The average molecular weight is 230 g/mol. The van der Waals surface area contributed by atoms with E-state index >= 15 is 0 Å². The number of aliphatic hydroxyl groups excluding tert-OH is 1. The summed E-state index contributed by atoms with van der Waals surface area (Å²) >= 11 is 0. The number of fused-ring (bicyclic) bond motifs is 1. The Morgan fingerprint density at radius 3 is 2.69 bits per heavy atom. The first kappa shape index (κ1) is 11.0. The molecule has 1 aliphatic heterocycles. The molecule has 1 heterocycles. The summed E-state index contributed by atoms with van der Waals surface area (Å²) in [6, 6.07) is 4.56. The highest BCUT2D eigenvalue weighted by Crippen LogP contribution is 2.33. The van der Waals surface area contributed by atoms with Crippen LogP contribution in [0.3, 0.4) is 0 Å². The van der Waals surface area contributed by atoms with Gasteiger partial charge in [0.2, 0.25) is 6.10 Å². The molecule has 0 spiro atoms. The zero-order valence-corrected chi connectivity index (χ0v) is 8.16. The Labute approximate surface area is 90.0 Å². The van der Waals surface area contributed by atoms with Crippen LogP contribution in [0.4, 0.5) is 13.2 Å². The first-order valence-corrected chi connectivity index (χ1v) is 4.66. The maximum atomic E-state index is 12.4. The van der Waals surface area contributed by atoms with E-state index in [2.05, 4.69) is 0 Å².